The number of halogens is 6. The van der Waals surface area contributed by atoms with Crippen molar-refractivity contribution in [3.63, 3.8) is 0 Å². The summed E-state index contributed by atoms with van der Waals surface area (Å²) in [4.78, 5) is 2.76. The van der Waals surface area contributed by atoms with Crippen molar-refractivity contribution >= 4 is 68.6 Å². The number of nitrogens with zero attached hydrogens (tertiary/aromatic N) is 2. The van der Waals surface area contributed by atoms with E-state index in [1.165, 1.54) is 183 Å². The molecule has 1 aliphatic heterocycles. The van der Waals surface area contributed by atoms with Gasteiger partial charge in [-0.3, -0.25) is 0 Å². The van der Waals surface area contributed by atoms with Gasteiger partial charge in [0.1, 0.15) is 24.5 Å². The van der Waals surface area contributed by atoms with E-state index in [2.05, 4.69) is 101 Å². The Labute approximate surface area is 374 Å². The molecule has 0 amide bonds. The molecule has 0 N–H and O–H groups in total. The fourth-order valence-corrected chi connectivity index (χ4v) is 12.9. The molecule has 0 aromatic heterocycles. The van der Waals surface area contributed by atoms with Crippen molar-refractivity contribution in [2.75, 3.05) is 18.0 Å². The van der Waals surface area contributed by atoms with Crippen molar-refractivity contribution in [2.45, 2.75) is 152 Å². The first-order valence-corrected chi connectivity index (χ1v) is 26.7. The Morgan fingerprint density at radius 2 is 0.781 bits per heavy atom. The normalized spacial score (nSPS) is 21.2. The van der Waals surface area contributed by atoms with Gasteiger partial charge in [-0.05, 0) is 131 Å². The fourth-order valence-electron chi connectivity index (χ4n) is 12.9. The standard InChI is InChI=1S/C55H63N2.F6P/c1-5-17-38(18-6-1)42-29-31-46-44-25-13-15-27-48(44)52(40-21-9-3-10-22-40)54(50(46)35-42)56-33-34-57(37-56)55-51-36-43(39-19-7-2-8-20-39)30-32-47(51)45-26-14-16-28-49(45)53(55)41-23-11-4-12-24-41;1-7(2,3,4,5)6/h13-16,25-32,35-41H,1-12,17-24,33-34H2;/q+1;-1. The van der Waals surface area contributed by atoms with Gasteiger partial charge in [-0.25, -0.2) is 9.48 Å². The molecule has 9 heteroatoms. The molecule has 4 saturated carbocycles. The minimum absolute atomic E-state index is 0.612. The van der Waals surface area contributed by atoms with Gasteiger partial charge in [0.25, 0.3) is 0 Å². The van der Waals surface area contributed by atoms with Crippen molar-refractivity contribution in [1.29, 1.82) is 0 Å². The first-order chi connectivity index (χ1) is 30.7. The van der Waals surface area contributed by atoms with Gasteiger partial charge in [0.15, 0.2) is 0 Å². The number of benzene rings is 6. The van der Waals surface area contributed by atoms with Crippen LogP contribution in [0.4, 0.5) is 36.6 Å². The van der Waals surface area contributed by atoms with E-state index < -0.39 is 7.81 Å². The number of anilines is 1. The Morgan fingerprint density at radius 3 is 1.27 bits per heavy atom. The van der Waals surface area contributed by atoms with Crippen molar-refractivity contribution in [3.05, 3.63) is 107 Å². The van der Waals surface area contributed by atoms with E-state index in [0.29, 0.717) is 23.7 Å². The van der Waals surface area contributed by atoms with Crippen molar-refractivity contribution < 1.29 is 29.8 Å². The monoisotopic (exact) mass is 896 g/mol. The molecule has 4 fully saturated rings. The topological polar surface area (TPSA) is 6.25 Å². The summed E-state index contributed by atoms with van der Waals surface area (Å²) in [5.41, 5.74) is 9.52. The van der Waals surface area contributed by atoms with Gasteiger partial charge >= 0.3 is 33.0 Å². The SMILES string of the molecule is C1=[N+](c2c(C3CCCCC3)c3ccccc3c3ccc(C4CCCCC4)cc23)CCN1c1c(C2CCCCC2)c2ccccc2c2ccc(C3CCCCC3)cc12.F[P-](F)(F)(F)(F)F. The first kappa shape index (κ1) is 43.7. The maximum absolute atomic E-state index is 10.7. The summed E-state index contributed by atoms with van der Waals surface area (Å²) in [6.45, 7) is 2.06. The molecule has 5 aliphatic rings. The van der Waals surface area contributed by atoms with Gasteiger partial charge in [0, 0.05) is 21.9 Å². The summed E-state index contributed by atoms with van der Waals surface area (Å²) < 4.78 is 62.0. The Kier molecular flexibility index (Phi) is 11.6. The second kappa shape index (κ2) is 16.9. The van der Waals surface area contributed by atoms with Crippen LogP contribution in [-0.2, 0) is 0 Å². The Hall–Kier alpha value is -4.16. The summed E-state index contributed by atoms with van der Waals surface area (Å²) in [6.07, 6.45) is 29.7. The van der Waals surface area contributed by atoms with Gasteiger partial charge in [0.2, 0.25) is 6.34 Å². The van der Waals surface area contributed by atoms with E-state index in [0.717, 1.165) is 13.1 Å². The second-order valence-corrected chi connectivity index (χ2v) is 21.9. The molecule has 340 valence electrons. The molecule has 0 atom stereocenters. The Bertz CT molecular complexity index is 2710. The Balaban J connectivity index is 0.000000642. The van der Waals surface area contributed by atoms with E-state index in [4.69, 9.17) is 0 Å². The summed E-state index contributed by atoms with van der Waals surface area (Å²) in [5, 5.41) is 11.8. The van der Waals surface area contributed by atoms with Crippen LogP contribution in [0.2, 0.25) is 0 Å². The fraction of sp³-hybridized carbons (Fsp3) is 0.473. The molecule has 64 heavy (non-hydrogen) atoms. The Morgan fingerprint density at radius 1 is 0.406 bits per heavy atom. The summed E-state index contributed by atoms with van der Waals surface area (Å²) in [7, 11) is -10.7. The third-order valence-corrected chi connectivity index (χ3v) is 15.7. The quantitative estimate of drug-likeness (QED) is 0.0699. The van der Waals surface area contributed by atoms with E-state index in [1.54, 1.807) is 22.3 Å². The third-order valence-electron chi connectivity index (χ3n) is 15.7. The predicted octanol–water partition coefficient (Wildman–Crippen LogP) is 19.1. The summed E-state index contributed by atoms with van der Waals surface area (Å²) in [5.74, 6) is 2.61. The van der Waals surface area contributed by atoms with Crippen LogP contribution in [0.25, 0.3) is 43.1 Å². The van der Waals surface area contributed by atoms with Crippen LogP contribution in [0.15, 0.2) is 84.9 Å². The van der Waals surface area contributed by atoms with Gasteiger partial charge in [-0.2, -0.15) is 0 Å². The van der Waals surface area contributed by atoms with Gasteiger partial charge < -0.3 is 0 Å². The van der Waals surface area contributed by atoms with Crippen LogP contribution >= 0.6 is 7.81 Å². The van der Waals surface area contributed by atoms with Gasteiger partial charge in [-0.15, -0.1) is 0 Å². The van der Waals surface area contributed by atoms with Crippen molar-refractivity contribution in [1.82, 2.24) is 0 Å². The molecule has 6 aromatic carbocycles. The maximum atomic E-state index is 9.87. The molecule has 0 bridgehead atoms. The molecule has 1 heterocycles. The van der Waals surface area contributed by atoms with Crippen LogP contribution in [0.5, 0.6) is 0 Å². The molecular formula is C55H63F6N2P. The van der Waals surface area contributed by atoms with Crippen LogP contribution in [0.1, 0.15) is 174 Å². The number of fused-ring (bicyclic) bond motifs is 6. The van der Waals surface area contributed by atoms with Gasteiger partial charge in [0.05, 0.1) is 0 Å². The van der Waals surface area contributed by atoms with Crippen molar-refractivity contribution in [2.24, 2.45) is 0 Å². The predicted molar refractivity (Wildman–Crippen MR) is 258 cm³/mol. The number of hydrogen-bond donors (Lipinski definition) is 0. The van der Waals surface area contributed by atoms with E-state index in [-0.39, 0.29) is 0 Å². The molecular weight excluding hydrogens is 834 g/mol. The zero-order valence-electron chi connectivity index (χ0n) is 37.1. The van der Waals surface area contributed by atoms with Crippen LogP contribution < -0.4 is 4.90 Å². The summed E-state index contributed by atoms with van der Waals surface area (Å²) in [6, 6.07) is 34.4. The van der Waals surface area contributed by atoms with Crippen LogP contribution in [-0.4, -0.2) is 24.0 Å². The molecule has 6 aromatic rings. The number of hydrogen-bond acceptors (Lipinski definition) is 1. The van der Waals surface area contributed by atoms with Crippen LogP contribution in [0, 0.1) is 0 Å². The molecule has 2 nitrogen and oxygen atoms in total. The zero-order chi connectivity index (χ0) is 44.1. The number of rotatable bonds is 6. The summed E-state index contributed by atoms with van der Waals surface area (Å²) >= 11 is 0. The molecule has 0 unspecified atom stereocenters. The molecule has 0 saturated heterocycles. The average Bonchev–Trinajstić information content (AvgIpc) is 3.80. The average molecular weight is 897 g/mol. The first-order valence-electron chi connectivity index (χ1n) is 24.7. The molecule has 0 radical (unpaired) electrons. The minimum atomic E-state index is -10.7. The zero-order valence-corrected chi connectivity index (χ0v) is 38.0. The van der Waals surface area contributed by atoms with E-state index in [9.17, 15) is 25.2 Å². The van der Waals surface area contributed by atoms with E-state index >= 15 is 0 Å². The van der Waals surface area contributed by atoms with Gasteiger partial charge in [-0.1, -0.05) is 150 Å². The van der Waals surface area contributed by atoms with Crippen molar-refractivity contribution in [3.8, 4) is 0 Å². The molecule has 11 rings (SSSR count). The van der Waals surface area contributed by atoms with Crippen LogP contribution in [0.3, 0.4) is 0 Å². The third kappa shape index (κ3) is 9.42. The second-order valence-electron chi connectivity index (χ2n) is 20.0. The molecule has 4 aliphatic carbocycles. The van der Waals surface area contributed by atoms with E-state index in [1.807, 2.05) is 0 Å². The molecule has 0 spiro atoms.